The second-order valence-corrected chi connectivity index (χ2v) is 13.4. The summed E-state index contributed by atoms with van der Waals surface area (Å²) in [6.07, 6.45) is 1.54. The summed E-state index contributed by atoms with van der Waals surface area (Å²) in [6.45, 7) is 3.31. The number of nitrogens with zero attached hydrogens (tertiary/aromatic N) is 8. The summed E-state index contributed by atoms with van der Waals surface area (Å²) in [5.41, 5.74) is 16.9. The molecule has 0 aliphatic carbocycles. The number of hydrogen-bond acceptors (Lipinski definition) is 7. The summed E-state index contributed by atoms with van der Waals surface area (Å²) in [5.74, 6) is -2.06. The van der Waals surface area contributed by atoms with E-state index in [4.69, 9.17) is 11.5 Å². The molecule has 13 nitrogen and oxygen atoms in total. The van der Waals surface area contributed by atoms with Crippen molar-refractivity contribution in [3.8, 4) is 45.0 Å². The number of aliphatic hydroxyl groups is 1. The number of fused-ring (bicyclic) bond motifs is 2. The highest BCUT2D eigenvalue weighted by atomic mass is 19.4. The van der Waals surface area contributed by atoms with E-state index >= 15 is 0 Å². The molecule has 0 bridgehead atoms. The highest BCUT2D eigenvalue weighted by Gasteiger charge is 2.39. The molecule has 5 N–H and O–H groups in total. The third-order valence-corrected chi connectivity index (χ3v) is 9.23. The molecule has 2 aromatic carbocycles. The molecule has 6 aromatic heterocycles. The van der Waals surface area contributed by atoms with Crippen LogP contribution < -0.4 is 11.5 Å². The van der Waals surface area contributed by atoms with Gasteiger partial charge >= 0.3 is 6.18 Å². The SMILES string of the molecule is CC(C)n1cnc(-c2ccc(F)cc2)c1-c1ccc2ncc(C(N)=O)n2c1.NC(=O)c1cnc2ccc(-c3c(-c4ccc(F)cc4)ncn3CC(O)C(F)(F)F)cn12. The molecule has 0 spiro atoms. The van der Waals surface area contributed by atoms with Crippen molar-refractivity contribution in [2.24, 2.45) is 11.5 Å². The van der Waals surface area contributed by atoms with Crippen LogP contribution in [0.3, 0.4) is 0 Å². The average molecular weight is 797 g/mol. The minimum Gasteiger partial charge on any atom is -0.382 e. The lowest BCUT2D eigenvalue weighted by Gasteiger charge is -2.17. The number of carbonyl (C=O) groups excluding carboxylic acids is 2. The van der Waals surface area contributed by atoms with Crippen LogP contribution in [0.15, 0.2) is 110 Å². The standard InChI is InChI=1S/C20H15F4N5O2.C20H18FN5O/c21-13-4-1-11(2-5-13)17-18(28(10-27-17)9-15(30)20(22,23)24)12-3-6-16-26-7-14(19(25)31)29(16)8-12;1-12(2)26-11-24-18(13-3-6-15(21)7-4-13)19(26)14-5-8-17-23-9-16(20(22)27)25(17)10-14/h1-8,10,15,30H,9H2,(H2,25,31);3-12H,1-2H3,(H2,22,27). The molecule has 0 saturated carbocycles. The van der Waals surface area contributed by atoms with Crippen molar-refractivity contribution >= 4 is 23.1 Å². The molecule has 0 fully saturated rings. The molecule has 296 valence electrons. The molecule has 0 saturated heterocycles. The summed E-state index contributed by atoms with van der Waals surface area (Å²) < 4.78 is 71.9. The molecule has 58 heavy (non-hydrogen) atoms. The van der Waals surface area contributed by atoms with Gasteiger partial charge in [0.05, 0.1) is 54.4 Å². The van der Waals surface area contributed by atoms with Gasteiger partial charge in [0.1, 0.15) is 34.3 Å². The molecular formula is C40H33F5N10O3. The fourth-order valence-electron chi connectivity index (χ4n) is 6.40. The van der Waals surface area contributed by atoms with E-state index in [1.54, 1.807) is 35.0 Å². The van der Waals surface area contributed by atoms with Crippen LogP contribution in [0.5, 0.6) is 0 Å². The second kappa shape index (κ2) is 15.4. The quantitative estimate of drug-likeness (QED) is 0.136. The van der Waals surface area contributed by atoms with E-state index in [1.165, 1.54) is 59.4 Å². The Hall–Kier alpha value is -7.21. The average Bonchev–Trinajstić information content (AvgIpc) is 3.99. The van der Waals surface area contributed by atoms with Crippen molar-refractivity contribution in [3.63, 3.8) is 0 Å². The van der Waals surface area contributed by atoms with E-state index in [2.05, 4.69) is 33.8 Å². The maximum atomic E-state index is 13.4. The third-order valence-electron chi connectivity index (χ3n) is 9.23. The van der Waals surface area contributed by atoms with Gasteiger partial charge in [-0.1, -0.05) is 0 Å². The molecule has 2 amide bonds. The van der Waals surface area contributed by atoms with Gasteiger partial charge < -0.3 is 25.7 Å². The van der Waals surface area contributed by atoms with Crippen molar-refractivity contribution in [2.45, 2.75) is 38.7 Å². The number of alkyl halides is 3. The fourth-order valence-corrected chi connectivity index (χ4v) is 6.40. The molecule has 8 rings (SSSR count). The second-order valence-electron chi connectivity index (χ2n) is 13.4. The number of imidazole rings is 4. The maximum absolute atomic E-state index is 13.4. The van der Waals surface area contributed by atoms with Crippen LogP contribution in [0.4, 0.5) is 22.0 Å². The van der Waals surface area contributed by atoms with Crippen LogP contribution in [-0.4, -0.2) is 67.1 Å². The first kappa shape index (κ1) is 39.0. The van der Waals surface area contributed by atoms with E-state index in [0.717, 1.165) is 33.4 Å². The number of aliphatic hydroxyl groups excluding tert-OH is 1. The maximum Gasteiger partial charge on any atom is 0.416 e. The normalized spacial score (nSPS) is 12.2. The highest BCUT2D eigenvalue weighted by molar-refractivity contribution is 5.93. The highest BCUT2D eigenvalue weighted by Crippen LogP contribution is 2.35. The van der Waals surface area contributed by atoms with Crippen molar-refractivity contribution in [2.75, 3.05) is 0 Å². The summed E-state index contributed by atoms with van der Waals surface area (Å²) in [4.78, 5) is 40.4. The molecule has 18 heteroatoms. The third kappa shape index (κ3) is 7.64. The molecule has 8 aromatic rings. The number of aromatic nitrogens is 8. The van der Waals surface area contributed by atoms with Crippen LogP contribution in [0.2, 0.25) is 0 Å². The zero-order valence-electron chi connectivity index (χ0n) is 30.6. The first-order chi connectivity index (χ1) is 27.6. The number of benzene rings is 2. The predicted molar refractivity (Wildman–Crippen MR) is 203 cm³/mol. The van der Waals surface area contributed by atoms with Crippen molar-refractivity contribution in [3.05, 3.63) is 133 Å². The lowest BCUT2D eigenvalue weighted by atomic mass is 10.1. The predicted octanol–water partition coefficient (Wildman–Crippen LogP) is 6.71. The van der Waals surface area contributed by atoms with Gasteiger partial charge in [-0.05, 0) is 86.6 Å². The Morgan fingerprint density at radius 2 is 1.09 bits per heavy atom. The van der Waals surface area contributed by atoms with E-state index in [-0.39, 0.29) is 28.9 Å². The largest absolute Gasteiger partial charge is 0.416 e. The molecular weight excluding hydrogens is 763 g/mol. The number of carbonyl (C=O) groups is 2. The van der Waals surface area contributed by atoms with Crippen molar-refractivity contribution in [1.82, 2.24) is 37.9 Å². The number of halogens is 5. The Labute approximate surface area is 325 Å². The Kier molecular flexibility index (Phi) is 10.4. The Morgan fingerprint density at radius 3 is 1.53 bits per heavy atom. The summed E-state index contributed by atoms with van der Waals surface area (Å²) in [7, 11) is 0. The first-order valence-corrected chi connectivity index (χ1v) is 17.5. The minimum atomic E-state index is -4.83. The van der Waals surface area contributed by atoms with Crippen LogP contribution >= 0.6 is 0 Å². The number of nitrogens with two attached hydrogens (primary N) is 2. The lowest BCUT2D eigenvalue weighted by molar-refractivity contribution is -0.207. The first-order valence-electron chi connectivity index (χ1n) is 17.5. The minimum absolute atomic E-state index is 0.0848. The number of pyridine rings is 2. The number of rotatable bonds is 9. The van der Waals surface area contributed by atoms with Gasteiger partial charge in [0.15, 0.2) is 6.10 Å². The topological polar surface area (TPSA) is 177 Å². The van der Waals surface area contributed by atoms with Crippen molar-refractivity contribution < 1.29 is 36.6 Å². The summed E-state index contributed by atoms with van der Waals surface area (Å²) in [6, 6.07) is 18.6. The Balaban J connectivity index is 0.000000178. The van der Waals surface area contributed by atoms with E-state index < -0.39 is 36.5 Å². The molecule has 0 aliphatic rings. The van der Waals surface area contributed by atoms with Gasteiger partial charge in [0.2, 0.25) is 0 Å². The van der Waals surface area contributed by atoms with E-state index in [9.17, 15) is 36.6 Å². The van der Waals surface area contributed by atoms with Crippen LogP contribution in [0.1, 0.15) is 40.9 Å². The number of primary amides is 2. The fraction of sp³-hybridized carbons (Fsp3) is 0.150. The van der Waals surface area contributed by atoms with Crippen molar-refractivity contribution in [1.29, 1.82) is 0 Å². The number of hydrogen-bond donors (Lipinski definition) is 3. The lowest BCUT2D eigenvalue weighted by Crippen LogP contribution is -2.32. The van der Waals surface area contributed by atoms with Gasteiger partial charge in [0.25, 0.3) is 11.8 Å². The van der Waals surface area contributed by atoms with Gasteiger partial charge in [-0.2, -0.15) is 13.2 Å². The van der Waals surface area contributed by atoms with E-state index in [1.807, 2.05) is 22.9 Å². The smallest absolute Gasteiger partial charge is 0.382 e. The van der Waals surface area contributed by atoms with Crippen LogP contribution in [0.25, 0.3) is 56.3 Å². The van der Waals surface area contributed by atoms with Gasteiger partial charge in [-0.3, -0.25) is 18.4 Å². The zero-order valence-corrected chi connectivity index (χ0v) is 30.6. The van der Waals surface area contributed by atoms with Crippen LogP contribution in [0, 0.1) is 11.6 Å². The van der Waals surface area contributed by atoms with Crippen LogP contribution in [-0.2, 0) is 6.54 Å². The molecule has 0 aliphatic heterocycles. The summed E-state index contributed by atoms with van der Waals surface area (Å²) >= 11 is 0. The number of amides is 2. The van der Waals surface area contributed by atoms with Gasteiger partial charge in [0, 0.05) is 40.7 Å². The molecule has 1 atom stereocenters. The van der Waals surface area contributed by atoms with Gasteiger partial charge in [-0.15, -0.1) is 0 Å². The Bertz CT molecular complexity index is 2780. The molecule has 6 heterocycles. The molecule has 0 radical (unpaired) electrons. The summed E-state index contributed by atoms with van der Waals surface area (Å²) in [5, 5.41) is 9.58. The van der Waals surface area contributed by atoms with Gasteiger partial charge in [-0.25, -0.2) is 28.7 Å². The van der Waals surface area contributed by atoms with E-state index in [0.29, 0.717) is 28.1 Å². The zero-order chi connectivity index (χ0) is 41.5. The monoisotopic (exact) mass is 796 g/mol. The Morgan fingerprint density at radius 1 is 0.655 bits per heavy atom. The molecule has 1 unspecified atom stereocenters.